The van der Waals surface area contributed by atoms with Gasteiger partial charge in [0.15, 0.2) is 5.09 Å². The van der Waals surface area contributed by atoms with Gasteiger partial charge in [-0.25, -0.2) is 0 Å². The van der Waals surface area contributed by atoms with Gasteiger partial charge < -0.3 is 4.42 Å². The Bertz CT molecular complexity index is 161. The van der Waals surface area contributed by atoms with Crippen LogP contribution in [0.4, 0.5) is 8.78 Å². The molecule has 0 aromatic carbocycles. The van der Waals surface area contributed by atoms with E-state index in [4.69, 9.17) is 0 Å². The molecule has 50 valence electrons. The van der Waals surface area contributed by atoms with E-state index in [1.165, 1.54) is 12.3 Å². The van der Waals surface area contributed by atoms with Gasteiger partial charge in [-0.2, -0.15) is 8.78 Å². The highest BCUT2D eigenvalue weighted by atomic mass is 32.2. The van der Waals surface area contributed by atoms with Crippen molar-refractivity contribution in [3.8, 4) is 0 Å². The fourth-order valence-electron chi connectivity index (χ4n) is 0.418. The Morgan fingerprint density at radius 3 is 2.78 bits per heavy atom. The fraction of sp³-hybridized carbons (Fsp3) is 0.200. The first kappa shape index (κ1) is 6.61. The summed E-state index contributed by atoms with van der Waals surface area (Å²) < 4.78 is 27.6. The molecule has 0 saturated carbocycles. The van der Waals surface area contributed by atoms with E-state index >= 15 is 0 Å². The van der Waals surface area contributed by atoms with Crippen LogP contribution in [-0.2, 0) is 0 Å². The molecule has 0 amide bonds. The molecular formula is C5H4F2OS. The van der Waals surface area contributed by atoms with Crippen molar-refractivity contribution in [3.05, 3.63) is 18.4 Å². The molecule has 0 saturated heterocycles. The topological polar surface area (TPSA) is 13.1 Å². The minimum absolute atomic E-state index is 0.255. The highest BCUT2D eigenvalue weighted by Gasteiger charge is 2.05. The highest BCUT2D eigenvalue weighted by molar-refractivity contribution is 7.99. The monoisotopic (exact) mass is 150 g/mol. The molecule has 1 rings (SSSR count). The molecule has 0 atom stereocenters. The Balaban J connectivity index is 2.48. The summed E-state index contributed by atoms with van der Waals surface area (Å²) in [5, 5.41) is 0.255. The second-order valence-electron chi connectivity index (χ2n) is 1.31. The Morgan fingerprint density at radius 2 is 2.33 bits per heavy atom. The molecule has 0 radical (unpaired) electrons. The summed E-state index contributed by atoms with van der Waals surface area (Å²) in [6, 6.07) is 3.07. The van der Waals surface area contributed by atoms with Crippen LogP contribution in [0.15, 0.2) is 27.9 Å². The van der Waals surface area contributed by atoms with E-state index in [1.807, 2.05) is 0 Å². The van der Waals surface area contributed by atoms with Crippen LogP contribution in [0.1, 0.15) is 0 Å². The number of furan rings is 1. The van der Waals surface area contributed by atoms with E-state index in [-0.39, 0.29) is 5.09 Å². The summed E-state index contributed by atoms with van der Waals surface area (Å²) >= 11 is 0.405. The smallest absolute Gasteiger partial charge is 0.291 e. The van der Waals surface area contributed by atoms with Gasteiger partial charge in [0.1, 0.15) is 0 Å². The maximum Gasteiger partial charge on any atom is 0.291 e. The van der Waals surface area contributed by atoms with Crippen molar-refractivity contribution in [1.29, 1.82) is 0 Å². The standard InChI is InChI=1S/C5H4F2OS/c6-5(7)9-4-2-1-3-8-4/h1-3,5H. The zero-order valence-corrected chi connectivity index (χ0v) is 5.20. The van der Waals surface area contributed by atoms with Crippen molar-refractivity contribution in [1.82, 2.24) is 0 Å². The molecule has 0 fully saturated rings. The lowest BCUT2D eigenvalue weighted by molar-refractivity contribution is 0.250. The number of halogens is 2. The van der Waals surface area contributed by atoms with Crippen molar-refractivity contribution in [3.63, 3.8) is 0 Å². The quantitative estimate of drug-likeness (QED) is 0.601. The molecular weight excluding hydrogens is 146 g/mol. The lowest BCUT2D eigenvalue weighted by atomic mass is 10.7. The van der Waals surface area contributed by atoms with Crippen LogP contribution in [-0.4, -0.2) is 5.76 Å². The van der Waals surface area contributed by atoms with Gasteiger partial charge in [-0.15, -0.1) is 0 Å². The molecule has 1 aromatic heterocycles. The molecule has 0 spiro atoms. The Kier molecular flexibility index (Phi) is 2.10. The molecule has 4 heteroatoms. The number of hydrogen-bond donors (Lipinski definition) is 0. The van der Waals surface area contributed by atoms with Crippen molar-refractivity contribution in [2.24, 2.45) is 0 Å². The Morgan fingerprint density at radius 1 is 1.56 bits per heavy atom. The number of hydrogen-bond acceptors (Lipinski definition) is 2. The maximum atomic E-state index is 11.5. The molecule has 1 heterocycles. The molecule has 0 bridgehead atoms. The van der Waals surface area contributed by atoms with Crippen molar-refractivity contribution in [2.45, 2.75) is 10.8 Å². The van der Waals surface area contributed by atoms with E-state index in [0.29, 0.717) is 11.8 Å². The van der Waals surface area contributed by atoms with Crippen molar-refractivity contribution < 1.29 is 13.2 Å². The zero-order chi connectivity index (χ0) is 6.69. The highest BCUT2D eigenvalue weighted by Crippen LogP contribution is 2.24. The maximum absolute atomic E-state index is 11.5. The molecule has 0 aliphatic carbocycles. The van der Waals surface area contributed by atoms with Gasteiger partial charge in [-0.05, 0) is 23.9 Å². The first-order valence-electron chi connectivity index (χ1n) is 2.27. The van der Waals surface area contributed by atoms with Crippen LogP contribution in [0.25, 0.3) is 0 Å². The van der Waals surface area contributed by atoms with E-state index in [9.17, 15) is 8.78 Å². The molecule has 0 unspecified atom stereocenters. The second-order valence-corrected chi connectivity index (χ2v) is 2.31. The lowest BCUT2D eigenvalue weighted by Crippen LogP contribution is -1.76. The van der Waals surface area contributed by atoms with E-state index in [1.54, 1.807) is 6.07 Å². The first-order chi connectivity index (χ1) is 4.29. The molecule has 0 aliphatic rings. The number of alkyl halides is 2. The van der Waals surface area contributed by atoms with Gasteiger partial charge >= 0.3 is 0 Å². The summed E-state index contributed by atoms with van der Waals surface area (Å²) in [7, 11) is 0. The minimum Gasteiger partial charge on any atom is -0.458 e. The lowest BCUT2D eigenvalue weighted by Gasteiger charge is -1.90. The Hall–Kier alpha value is -0.510. The minimum atomic E-state index is -2.39. The predicted octanol–water partition coefficient (Wildman–Crippen LogP) is 2.59. The molecule has 1 aromatic rings. The van der Waals surface area contributed by atoms with Crippen LogP contribution < -0.4 is 0 Å². The summed E-state index contributed by atoms with van der Waals surface area (Å²) in [6.45, 7) is 0. The van der Waals surface area contributed by atoms with Crippen molar-refractivity contribution >= 4 is 11.8 Å². The number of rotatable bonds is 2. The van der Waals surface area contributed by atoms with Gasteiger partial charge in [-0.3, -0.25) is 0 Å². The van der Waals surface area contributed by atoms with Crippen LogP contribution >= 0.6 is 11.8 Å². The molecule has 9 heavy (non-hydrogen) atoms. The Labute approximate surface area is 55.0 Å². The summed E-state index contributed by atoms with van der Waals surface area (Å²) in [4.78, 5) is 0. The van der Waals surface area contributed by atoms with Gasteiger partial charge in [-0.1, -0.05) is 0 Å². The summed E-state index contributed by atoms with van der Waals surface area (Å²) in [5.41, 5.74) is 0. The van der Waals surface area contributed by atoms with Crippen LogP contribution in [0, 0.1) is 0 Å². The number of thioether (sulfide) groups is 1. The van der Waals surface area contributed by atoms with Crippen LogP contribution in [0.3, 0.4) is 0 Å². The third-order valence-electron chi connectivity index (χ3n) is 0.700. The van der Waals surface area contributed by atoms with Crippen LogP contribution in [0.2, 0.25) is 0 Å². The third-order valence-corrected chi connectivity index (χ3v) is 1.34. The molecule has 0 N–H and O–H groups in total. The third kappa shape index (κ3) is 2.05. The second kappa shape index (κ2) is 2.87. The van der Waals surface area contributed by atoms with E-state index in [0.717, 1.165) is 0 Å². The normalized spacial score (nSPS) is 10.6. The van der Waals surface area contributed by atoms with Crippen LogP contribution in [0.5, 0.6) is 0 Å². The van der Waals surface area contributed by atoms with Crippen molar-refractivity contribution in [2.75, 3.05) is 0 Å². The van der Waals surface area contributed by atoms with E-state index in [2.05, 4.69) is 4.42 Å². The first-order valence-corrected chi connectivity index (χ1v) is 3.15. The summed E-state index contributed by atoms with van der Waals surface area (Å²) in [5.74, 6) is -2.39. The zero-order valence-electron chi connectivity index (χ0n) is 4.38. The fourth-order valence-corrected chi connectivity index (χ4v) is 0.862. The molecule has 0 aliphatic heterocycles. The van der Waals surface area contributed by atoms with Gasteiger partial charge in [0.25, 0.3) is 5.76 Å². The largest absolute Gasteiger partial charge is 0.458 e. The predicted molar refractivity (Wildman–Crippen MR) is 30.6 cm³/mol. The molecule has 1 nitrogen and oxygen atoms in total. The average Bonchev–Trinajstić information content (AvgIpc) is 2.15. The summed E-state index contributed by atoms with van der Waals surface area (Å²) in [6.07, 6.45) is 1.37. The van der Waals surface area contributed by atoms with Gasteiger partial charge in [0, 0.05) is 0 Å². The van der Waals surface area contributed by atoms with Gasteiger partial charge in [0.2, 0.25) is 0 Å². The van der Waals surface area contributed by atoms with E-state index < -0.39 is 5.76 Å². The van der Waals surface area contributed by atoms with Gasteiger partial charge in [0.05, 0.1) is 6.26 Å². The average molecular weight is 150 g/mol. The SMILES string of the molecule is FC(F)Sc1ccco1.